The van der Waals surface area contributed by atoms with Gasteiger partial charge in [0.05, 0.1) is 6.42 Å². The van der Waals surface area contributed by atoms with Crippen LogP contribution in [0.3, 0.4) is 0 Å². The molecule has 0 aliphatic rings. The summed E-state index contributed by atoms with van der Waals surface area (Å²) in [5, 5.41) is 8.81. The smallest absolute Gasteiger partial charge is 0.407 e. The first-order valence-corrected chi connectivity index (χ1v) is 10.4. The van der Waals surface area contributed by atoms with Gasteiger partial charge in [0.25, 0.3) is 0 Å². The maximum Gasteiger partial charge on any atom is 0.407 e. The molecule has 7 nitrogen and oxygen atoms in total. The average molecular weight is 446 g/mol. The number of hydrogen-bond donors (Lipinski definition) is 3. The van der Waals surface area contributed by atoms with Crippen LogP contribution in [0.5, 0.6) is 0 Å². The number of amides is 3. The maximum absolute atomic E-state index is 12.2. The van der Waals surface area contributed by atoms with E-state index in [0.29, 0.717) is 17.3 Å². The molecule has 2 aromatic rings. The Bertz CT molecular complexity index is 891. The van der Waals surface area contributed by atoms with Gasteiger partial charge in [-0.05, 0) is 56.2 Å². The van der Waals surface area contributed by atoms with Crippen LogP contribution in [0.15, 0.2) is 48.5 Å². The predicted molar refractivity (Wildman–Crippen MR) is 121 cm³/mol. The van der Waals surface area contributed by atoms with Crippen molar-refractivity contribution in [2.24, 2.45) is 0 Å². The van der Waals surface area contributed by atoms with Crippen LogP contribution in [0, 0.1) is 0 Å². The largest absolute Gasteiger partial charge is 0.444 e. The Hall–Kier alpha value is -3.06. The van der Waals surface area contributed by atoms with Crippen LogP contribution in [-0.4, -0.2) is 30.1 Å². The van der Waals surface area contributed by atoms with Crippen molar-refractivity contribution in [1.82, 2.24) is 10.6 Å². The molecule has 0 bridgehead atoms. The third kappa shape index (κ3) is 10.00. The first-order chi connectivity index (χ1) is 14.6. The fourth-order valence-electron chi connectivity index (χ4n) is 2.58. The van der Waals surface area contributed by atoms with Crippen molar-refractivity contribution in [3.63, 3.8) is 0 Å². The summed E-state index contributed by atoms with van der Waals surface area (Å²) >= 11 is 5.85. The second-order valence-corrected chi connectivity index (χ2v) is 8.44. The van der Waals surface area contributed by atoms with Crippen LogP contribution in [0.25, 0.3) is 0 Å². The molecule has 0 saturated carbocycles. The quantitative estimate of drug-likeness (QED) is 0.571. The van der Waals surface area contributed by atoms with E-state index in [2.05, 4.69) is 16.0 Å². The lowest BCUT2D eigenvalue weighted by Gasteiger charge is -2.19. The number of rotatable bonds is 8. The summed E-state index contributed by atoms with van der Waals surface area (Å²) in [6.45, 7) is 5.87. The first kappa shape index (κ1) is 24.2. The zero-order chi connectivity index (χ0) is 22.9. The fraction of sp³-hybridized carbons (Fsp3) is 0.348. The van der Waals surface area contributed by atoms with Crippen LogP contribution in [0.1, 0.15) is 38.3 Å². The summed E-state index contributed by atoms with van der Waals surface area (Å²) in [6.07, 6.45) is -0.140. The molecule has 0 atom stereocenters. The molecule has 2 rings (SSSR count). The van der Waals surface area contributed by atoms with Gasteiger partial charge in [0.1, 0.15) is 5.60 Å². The minimum atomic E-state index is -0.576. The molecule has 3 N–H and O–H groups in total. The molecule has 31 heavy (non-hydrogen) atoms. The summed E-state index contributed by atoms with van der Waals surface area (Å²) in [7, 11) is 0. The number of benzene rings is 2. The van der Waals surface area contributed by atoms with E-state index in [9.17, 15) is 14.4 Å². The Kier molecular flexibility index (Phi) is 8.88. The Morgan fingerprint density at radius 3 is 2.10 bits per heavy atom. The lowest BCUT2D eigenvalue weighted by atomic mass is 10.1. The molecule has 0 saturated heterocycles. The Balaban J connectivity index is 1.69. The first-order valence-electron chi connectivity index (χ1n) is 9.97. The van der Waals surface area contributed by atoms with Crippen LogP contribution in [0.2, 0.25) is 5.02 Å². The van der Waals surface area contributed by atoms with Gasteiger partial charge in [0.2, 0.25) is 11.8 Å². The summed E-state index contributed by atoms with van der Waals surface area (Å²) in [6, 6.07) is 14.4. The van der Waals surface area contributed by atoms with Crippen molar-refractivity contribution >= 4 is 35.2 Å². The van der Waals surface area contributed by atoms with E-state index < -0.39 is 11.7 Å². The van der Waals surface area contributed by atoms with E-state index in [1.54, 1.807) is 45.0 Å². The van der Waals surface area contributed by atoms with Crippen molar-refractivity contribution in [3.05, 3.63) is 64.7 Å². The fourth-order valence-corrected chi connectivity index (χ4v) is 2.71. The second kappa shape index (κ2) is 11.4. The standard InChI is InChI=1S/C23H28ClN3O4/c1-23(2,3)31-22(30)25-13-12-20(28)26-15-17-6-10-19(11-7-17)27-21(29)14-16-4-8-18(24)9-5-16/h4-11H,12-15H2,1-3H3,(H,25,30)(H,26,28)(H,27,29). The molecule has 0 aliphatic heterocycles. The van der Waals surface area contributed by atoms with E-state index in [4.69, 9.17) is 16.3 Å². The summed E-state index contributed by atoms with van der Waals surface area (Å²) < 4.78 is 5.11. The van der Waals surface area contributed by atoms with Gasteiger partial charge >= 0.3 is 6.09 Å². The van der Waals surface area contributed by atoms with E-state index in [0.717, 1.165) is 11.1 Å². The number of alkyl carbamates (subject to hydrolysis) is 1. The van der Waals surface area contributed by atoms with Gasteiger partial charge in [-0.2, -0.15) is 0 Å². The van der Waals surface area contributed by atoms with E-state index in [-0.39, 0.29) is 31.2 Å². The molecule has 0 radical (unpaired) electrons. The zero-order valence-corrected chi connectivity index (χ0v) is 18.7. The third-order valence-corrected chi connectivity index (χ3v) is 4.28. The summed E-state index contributed by atoms with van der Waals surface area (Å²) in [5.41, 5.74) is 1.87. The van der Waals surface area contributed by atoms with Crippen molar-refractivity contribution in [2.45, 2.75) is 45.8 Å². The molecule has 3 amide bonds. The lowest BCUT2D eigenvalue weighted by Crippen LogP contribution is -2.35. The summed E-state index contributed by atoms with van der Waals surface area (Å²) in [4.78, 5) is 35.6. The van der Waals surface area contributed by atoms with Gasteiger partial charge < -0.3 is 20.7 Å². The van der Waals surface area contributed by atoms with Crippen LogP contribution in [0.4, 0.5) is 10.5 Å². The second-order valence-electron chi connectivity index (χ2n) is 8.00. The van der Waals surface area contributed by atoms with Crippen molar-refractivity contribution in [3.8, 4) is 0 Å². The van der Waals surface area contributed by atoms with Crippen LogP contribution >= 0.6 is 11.6 Å². The van der Waals surface area contributed by atoms with Gasteiger partial charge in [0.15, 0.2) is 0 Å². The highest BCUT2D eigenvalue weighted by molar-refractivity contribution is 6.30. The molecular formula is C23H28ClN3O4. The van der Waals surface area contributed by atoms with Gasteiger partial charge in [-0.25, -0.2) is 4.79 Å². The van der Waals surface area contributed by atoms with Crippen molar-refractivity contribution in [1.29, 1.82) is 0 Å². The van der Waals surface area contributed by atoms with E-state index in [1.165, 1.54) is 0 Å². The SMILES string of the molecule is CC(C)(C)OC(=O)NCCC(=O)NCc1ccc(NC(=O)Cc2ccc(Cl)cc2)cc1. The number of carbonyl (C=O) groups excluding carboxylic acids is 3. The minimum Gasteiger partial charge on any atom is -0.444 e. The normalized spacial score (nSPS) is 10.8. The monoisotopic (exact) mass is 445 g/mol. The maximum atomic E-state index is 12.2. The van der Waals surface area contributed by atoms with Gasteiger partial charge in [-0.1, -0.05) is 35.9 Å². The molecule has 0 fully saturated rings. The molecule has 0 aromatic heterocycles. The van der Waals surface area contributed by atoms with E-state index in [1.807, 2.05) is 24.3 Å². The Morgan fingerprint density at radius 2 is 1.48 bits per heavy atom. The molecule has 0 unspecified atom stereocenters. The number of halogens is 1. The van der Waals surface area contributed by atoms with Crippen molar-refractivity contribution < 1.29 is 19.1 Å². The van der Waals surface area contributed by atoms with E-state index >= 15 is 0 Å². The highest BCUT2D eigenvalue weighted by Gasteiger charge is 2.15. The number of ether oxygens (including phenoxy) is 1. The van der Waals surface area contributed by atoms with Crippen LogP contribution in [-0.2, 0) is 27.3 Å². The summed E-state index contributed by atoms with van der Waals surface area (Å²) in [5.74, 6) is -0.308. The third-order valence-electron chi connectivity index (χ3n) is 4.03. The molecule has 0 spiro atoms. The molecule has 8 heteroatoms. The molecule has 0 aliphatic carbocycles. The van der Waals surface area contributed by atoms with Gasteiger partial charge in [-0.3, -0.25) is 9.59 Å². The number of hydrogen-bond acceptors (Lipinski definition) is 4. The highest BCUT2D eigenvalue weighted by atomic mass is 35.5. The topological polar surface area (TPSA) is 96.5 Å². The molecule has 2 aromatic carbocycles. The average Bonchev–Trinajstić information content (AvgIpc) is 2.68. The highest BCUT2D eigenvalue weighted by Crippen LogP contribution is 2.13. The Labute approximate surface area is 187 Å². The lowest BCUT2D eigenvalue weighted by molar-refractivity contribution is -0.121. The minimum absolute atomic E-state index is 0.124. The van der Waals surface area contributed by atoms with Gasteiger partial charge in [0, 0.05) is 30.2 Å². The van der Waals surface area contributed by atoms with Crippen LogP contribution < -0.4 is 16.0 Å². The predicted octanol–water partition coefficient (Wildman–Crippen LogP) is 4.05. The van der Waals surface area contributed by atoms with Crippen molar-refractivity contribution in [2.75, 3.05) is 11.9 Å². The zero-order valence-electron chi connectivity index (χ0n) is 18.0. The number of carbonyl (C=O) groups is 3. The van der Waals surface area contributed by atoms with Gasteiger partial charge in [-0.15, -0.1) is 0 Å². The molecule has 0 heterocycles. The molecular weight excluding hydrogens is 418 g/mol. The Morgan fingerprint density at radius 1 is 0.871 bits per heavy atom. The number of nitrogens with one attached hydrogen (secondary N) is 3. The molecule has 166 valence electrons. The number of anilines is 1.